The third kappa shape index (κ3) is 3.15. The van der Waals surface area contributed by atoms with E-state index < -0.39 is 0 Å². The third-order valence-corrected chi connectivity index (χ3v) is 6.04. The van der Waals surface area contributed by atoms with Crippen molar-refractivity contribution in [3.63, 3.8) is 0 Å². The summed E-state index contributed by atoms with van der Waals surface area (Å²) >= 11 is 15.5. The normalized spacial score (nSPS) is 11.2. The average Bonchev–Trinajstić information content (AvgIpc) is 3.19. The van der Waals surface area contributed by atoms with Gasteiger partial charge in [-0.05, 0) is 24.3 Å². The Morgan fingerprint density at radius 2 is 1.79 bits per heavy atom. The predicted octanol–water partition coefficient (Wildman–Crippen LogP) is 5.95. The molecule has 2 aromatic carbocycles. The molecule has 120 valence electrons. The van der Waals surface area contributed by atoms with Crippen LogP contribution in [0.2, 0.25) is 10.0 Å². The fourth-order valence-corrected chi connectivity index (χ4v) is 4.64. The van der Waals surface area contributed by atoms with Gasteiger partial charge in [-0.25, -0.2) is 4.98 Å². The molecule has 0 fully saturated rings. The van der Waals surface area contributed by atoms with Crippen LogP contribution in [0.4, 0.5) is 0 Å². The third-order valence-electron chi connectivity index (χ3n) is 3.25. The molecule has 0 saturated carbocycles. The Kier molecular flexibility index (Phi) is 4.45. The van der Waals surface area contributed by atoms with E-state index >= 15 is 0 Å². The molecule has 0 radical (unpaired) electrons. The second-order valence-corrected chi connectivity index (χ2v) is 7.91. The van der Waals surface area contributed by atoms with Crippen LogP contribution in [-0.2, 0) is 5.75 Å². The molecule has 0 aliphatic heterocycles. The summed E-state index contributed by atoms with van der Waals surface area (Å²) in [5.41, 5.74) is 1.58. The Balaban J connectivity index is 1.53. The Labute approximate surface area is 155 Å². The molecule has 8 heteroatoms. The van der Waals surface area contributed by atoms with E-state index in [0.717, 1.165) is 14.6 Å². The largest absolute Gasteiger partial charge is 0.338 e. The van der Waals surface area contributed by atoms with Crippen LogP contribution >= 0.6 is 46.3 Å². The van der Waals surface area contributed by atoms with E-state index in [1.807, 2.05) is 18.2 Å². The fraction of sp³-hybridized carbons (Fsp3) is 0.0625. The minimum atomic E-state index is 0.394. The van der Waals surface area contributed by atoms with Gasteiger partial charge in [-0.1, -0.05) is 58.3 Å². The number of fused-ring (bicyclic) bond motifs is 1. The predicted molar refractivity (Wildman–Crippen MR) is 98.9 cm³/mol. The number of aromatic nitrogens is 3. The zero-order chi connectivity index (χ0) is 16.5. The summed E-state index contributed by atoms with van der Waals surface area (Å²) in [7, 11) is 0. The van der Waals surface area contributed by atoms with Crippen molar-refractivity contribution < 1.29 is 4.52 Å². The van der Waals surface area contributed by atoms with Gasteiger partial charge in [0.2, 0.25) is 11.7 Å². The molecule has 0 saturated heterocycles. The van der Waals surface area contributed by atoms with E-state index in [1.165, 1.54) is 0 Å². The lowest BCUT2D eigenvalue weighted by atomic mass is 10.2. The molecule has 4 rings (SSSR count). The molecule has 0 unspecified atom stereocenters. The maximum absolute atomic E-state index is 6.17. The van der Waals surface area contributed by atoms with E-state index in [0.29, 0.717) is 33.1 Å². The maximum atomic E-state index is 6.17. The molecule has 4 nitrogen and oxygen atoms in total. The lowest BCUT2D eigenvalue weighted by molar-refractivity contribution is 0.391. The van der Waals surface area contributed by atoms with Crippen LogP contribution in [0.3, 0.4) is 0 Å². The number of halogens is 2. The molecule has 0 aliphatic rings. The summed E-state index contributed by atoms with van der Waals surface area (Å²) < 4.78 is 7.43. The maximum Gasteiger partial charge on any atom is 0.237 e. The van der Waals surface area contributed by atoms with Crippen LogP contribution in [0.25, 0.3) is 21.6 Å². The highest BCUT2D eigenvalue weighted by Gasteiger charge is 2.16. The second-order valence-electron chi connectivity index (χ2n) is 4.84. The molecule has 4 aromatic rings. The lowest BCUT2D eigenvalue weighted by Crippen LogP contribution is -1.85. The number of thiazole rings is 1. The smallest absolute Gasteiger partial charge is 0.237 e. The van der Waals surface area contributed by atoms with Crippen molar-refractivity contribution in [1.29, 1.82) is 0 Å². The quantitative estimate of drug-likeness (QED) is 0.401. The summed E-state index contributed by atoms with van der Waals surface area (Å²) in [5, 5.41) is 4.97. The minimum Gasteiger partial charge on any atom is -0.338 e. The first kappa shape index (κ1) is 15.9. The van der Waals surface area contributed by atoms with E-state index in [4.69, 9.17) is 27.7 Å². The summed E-state index contributed by atoms with van der Waals surface area (Å²) in [6, 6.07) is 13.3. The highest BCUT2D eigenvalue weighted by atomic mass is 35.5. The molecular formula is C16H9Cl2N3OS2. The van der Waals surface area contributed by atoms with Crippen LogP contribution in [0.1, 0.15) is 5.89 Å². The van der Waals surface area contributed by atoms with E-state index in [1.54, 1.807) is 41.3 Å². The second kappa shape index (κ2) is 6.72. The van der Waals surface area contributed by atoms with E-state index in [2.05, 4.69) is 21.2 Å². The molecule has 24 heavy (non-hydrogen) atoms. The summed E-state index contributed by atoms with van der Waals surface area (Å²) in [6.07, 6.45) is 0. The Morgan fingerprint density at radius 3 is 2.58 bits per heavy atom. The zero-order valence-corrected chi connectivity index (χ0v) is 15.2. The Hall–Kier alpha value is -1.60. The number of nitrogens with zero attached hydrogens (tertiary/aromatic N) is 3. The van der Waals surface area contributed by atoms with Crippen molar-refractivity contribution in [2.24, 2.45) is 0 Å². The van der Waals surface area contributed by atoms with Crippen molar-refractivity contribution in [3.8, 4) is 11.4 Å². The van der Waals surface area contributed by atoms with Crippen molar-refractivity contribution in [1.82, 2.24) is 15.1 Å². The van der Waals surface area contributed by atoms with Crippen molar-refractivity contribution in [2.45, 2.75) is 10.1 Å². The lowest BCUT2D eigenvalue weighted by Gasteiger charge is -2.00. The summed E-state index contributed by atoms with van der Waals surface area (Å²) in [6.45, 7) is 0. The van der Waals surface area contributed by atoms with Crippen molar-refractivity contribution in [2.75, 3.05) is 0 Å². The molecule has 2 heterocycles. The van der Waals surface area contributed by atoms with Gasteiger partial charge in [-0.3, -0.25) is 0 Å². The molecule has 2 aromatic heterocycles. The molecule has 0 spiro atoms. The van der Waals surface area contributed by atoms with Gasteiger partial charge in [0.15, 0.2) is 4.34 Å². The highest BCUT2D eigenvalue weighted by molar-refractivity contribution is 8.00. The molecule has 0 atom stereocenters. The number of benzene rings is 2. The van der Waals surface area contributed by atoms with E-state index in [9.17, 15) is 0 Å². The molecular weight excluding hydrogens is 385 g/mol. The van der Waals surface area contributed by atoms with Gasteiger partial charge in [-0.15, -0.1) is 11.3 Å². The van der Waals surface area contributed by atoms with Gasteiger partial charge in [-0.2, -0.15) is 4.98 Å². The number of rotatable bonds is 4. The summed E-state index contributed by atoms with van der Waals surface area (Å²) in [4.78, 5) is 8.95. The first-order valence-electron chi connectivity index (χ1n) is 6.96. The standard InChI is InChI=1S/C16H9Cl2N3OS2/c17-9-4-3-5-10(18)14(9)15-20-13(22-21-15)8-23-16-19-11-6-1-2-7-12(11)24-16/h1-7H,8H2. The topological polar surface area (TPSA) is 51.8 Å². The van der Waals surface area contributed by atoms with Gasteiger partial charge in [0.05, 0.1) is 31.6 Å². The average molecular weight is 394 g/mol. The van der Waals surface area contributed by atoms with Crippen LogP contribution in [0, 0.1) is 0 Å². The van der Waals surface area contributed by atoms with Gasteiger partial charge in [0.25, 0.3) is 0 Å². The van der Waals surface area contributed by atoms with Gasteiger partial charge in [0.1, 0.15) is 0 Å². The first-order chi connectivity index (χ1) is 11.7. The van der Waals surface area contributed by atoms with Crippen LogP contribution < -0.4 is 0 Å². The van der Waals surface area contributed by atoms with Gasteiger partial charge < -0.3 is 4.52 Å². The fourth-order valence-electron chi connectivity index (χ4n) is 2.16. The highest BCUT2D eigenvalue weighted by Crippen LogP contribution is 2.34. The zero-order valence-electron chi connectivity index (χ0n) is 12.1. The molecule has 0 amide bonds. The molecule has 0 bridgehead atoms. The summed E-state index contributed by atoms with van der Waals surface area (Å²) in [5.74, 6) is 1.44. The number of hydrogen-bond donors (Lipinski definition) is 0. The SMILES string of the molecule is Clc1cccc(Cl)c1-c1noc(CSc2nc3ccccc3s2)n1. The van der Waals surface area contributed by atoms with Crippen LogP contribution in [0.5, 0.6) is 0 Å². The van der Waals surface area contributed by atoms with Gasteiger partial charge in [0, 0.05) is 0 Å². The number of para-hydroxylation sites is 1. The number of hydrogen-bond acceptors (Lipinski definition) is 6. The van der Waals surface area contributed by atoms with Crippen LogP contribution in [-0.4, -0.2) is 15.1 Å². The minimum absolute atomic E-state index is 0.394. The Bertz CT molecular complexity index is 962. The Morgan fingerprint density at radius 1 is 1.00 bits per heavy atom. The molecule has 0 N–H and O–H groups in total. The van der Waals surface area contributed by atoms with Crippen molar-refractivity contribution >= 4 is 56.5 Å². The van der Waals surface area contributed by atoms with Gasteiger partial charge >= 0.3 is 0 Å². The first-order valence-corrected chi connectivity index (χ1v) is 9.52. The molecule has 0 aliphatic carbocycles. The number of thioether (sulfide) groups is 1. The van der Waals surface area contributed by atoms with Crippen molar-refractivity contribution in [3.05, 3.63) is 58.4 Å². The van der Waals surface area contributed by atoms with Crippen LogP contribution in [0.15, 0.2) is 51.3 Å². The monoisotopic (exact) mass is 393 g/mol. The van der Waals surface area contributed by atoms with E-state index in [-0.39, 0.29) is 0 Å².